The van der Waals surface area contributed by atoms with Crippen LogP contribution in [0, 0.1) is 17.2 Å². The number of nitrogens with zero attached hydrogens (tertiary/aromatic N) is 3. The molecule has 1 aromatic carbocycles. The number of carbonyl (C=O) groups is 2. The van der Waals surface area contributed by atoms with Crippen molar-refractivity contribution in [2.24, 2.45) is 5.92 Å². The highest BCUT2D eigenvalue weighted by atomic mass is 31.2. The minimum absolute atomic E-state index is 0.0924. The molecule has 2 aromatic heterocycles. The molecule has 3 heterocycles. The van der Waals surface area contributed by atoms with Gasteiger partial charge in [0.2, 0.25) is 5.60 Å². The SMILES string of the molecule is CC(C)OC(=O)[C@H](C)NP(=O)(OC[C@H]1O[C@@](C#N)(c2c[nH]c3c(N)ncnc23)C(C)(O)C1OC(=O)C(C)C)Oc1ccccc1. The number of nitrogens with two attached hydrogens (primary N) is 1. The third kappa shape index (κ3) is 6.80. The third-order valence-corrected chi connectivity index (χ3v) is 8.75. The van der Waals surface area contributed by atoms with Gasteiger partial charge >= 0.3 is 19.7 Å². The number of aromatic amines is 1. The molecule has 6 atom stereocenters. The second kappa shape index (κ2) is 13.1. The molecule has 3 unspecified atom stereocenters. The number of ether oxygens (including phenoxy) is 3. The second-order valence-corrected chi connectivity index (χ2v) is 13.0. The zero-order valence-electron chi connectivity index (χ0n) is 25.7. The van der Waals surface area contributed by atoms with Gasteiger partial charge in [-0.1, -0.05) is 32.0 Å². The molecular formula is C29H37N6O9P. The fraction of sp³-hybridized carbons (Fsp3) is 0.483. The number of aliphatic hydroxyl groups is 1. The monoisotopic (exact) mass is 644 g/mol. The average Bonchev–Trinajstić information content (AvgIpc) is 3.50. The molecule has 0 spiro atoms. The van der Waals surface area contributed by atoms with Gasteiger partial charge in [-0.25, -0.2) is 14.5 Å². The van der Waals surface area contributed by atoms with Crippen LogP contribution in [0.15, 0.2) is 42.9 Å². The fourth-order valence-corrected chi connectivity index (χ4v) is 6.31. The first-order valence-corrected chi connectivity index (χ1v) is 15.8. The van der Waals surface area contributed by atoms with Gasteiger partial charge in [0, 0.05) is 11.8 Å². The molecule has 0 aliphatic carbocycles. The summed E-state index contributed by atoms with van der Waals surface area (Å²) in [5.74, 6) is -1.77. The topological polar surface area (TPSA) is 221 Å². The number of esters is 2. The van der Waals surface area contributed by atoms with Gasteiger partial charge in [-0.05, 0) is 39.8 Å². The van der Waals surface area contributed by atoms with Gasteiger partial charge in [0.05, 0.1) is 18.6 Å². The number of rotatable bonds is 12. The predicted molar refractivity (Wildman–Crippen MR) is 160 cm³/mol. The van der Waals surface area contributed by atoms with Crippen molar-refractivity contribution in [1.82, 2.24) is 20.0 Å². The molecular weight excluding hydrogens is 607 g/mol. The van der Waals surface area contributed by atoms with Crippen molar-refractivity contribution < 1.29 is 42.5 Å². The quantitative estimate of drug-likeness (QED) is 0.164. The molecule has 242 valence electrons. The summed E-state index contributed by atoms with van der Waals surface area (Å²) in [7, 11) is -4.40. The molecule has 0 saturated carbocycles. The molecule has 1 aliphatic rings. The lowest BCUT2D eigenvalue weighted by Gasteiger charge is -2.34. The van der Waals surface area contributed by atoms with E-state index >= 15 is 0 Å². The number of aromatic nitrogens is 3. The summed E-state index contributed by atoms with van der Waals surface area (Å²) >= 11 is 0. The Labute approximate surface area is 260 Å². The van der Waals surface area contributed by atoms with Crippen LogP contribution in [0.2, 0.25) is 0 Å². The Balaban J connectivity index is 1.72. The van der Waals surface area contributed by atoms with Crippen molar-refractivity contribution in [1.29, 1.82) is 5.26 Å². The van der Waals surface area contributed by atoms with Crippen molar-refractivity contribution in [3.63, 3.8) is 0 Å². The molecule has 0 bridgehead atoms. The maximum Gasteiger partial charge on any atom is 0.459 e. The Bertz CT molecular complexity index is 1620. The van der Waals surface area contributed by atoms with Crippen LogP contribution < -0.4 is 15.3 Å². The van der Waals surface area contributed by atoms with E-state index in [-0.39, 0.29) is 22.6 Å². The maximum atomic E-state index is 14.1. The normalized spacial score (nSPS) is 25.1. The lowest BCUT2D eigenvalue weighted by Crippen LogP contribution is -2.53. The highest BCUT2D eigenvalue weighted by molar-refractivity contribution is 7.52. The average molecular weight is 645 g/mol. The fourth-order valence-electron chi connectivity index (χ4n) is 4.81. The number of anilines is 1. The van der Waals surface area contributed by atoms with Crippen LogP contribution in [0.3, 0.4) is 0 Å². The summed E-state index contributed by atoms with van der Waals surface area (Å²) in [6.07, 6.45) is -0.740. The van der Waals surface area contributed by atoms with Crippen LogP contribution in [0.1, 0.15) is 47.1 Å². The van der Waals surface area contributed by atoms with E-state index < -0.39 is 67.8 Å². The van der Waals surface area contributed by atoms with Crippen molar-refractivity contribution in [3.05, 3.63) is 48.4 Å². The highest BCUT2D eigenvalue weighted by Crippen LogP contribution is 2.52. The molecule has 1 aliphatic heterocycles. The first-order chi connectivity index (χ1) is 21.1. The lowest BCUT2D eigenvalue weighted by molar-refractivity contribution is -0.168. The predicted octanol–water partition coefficient (Wildman–Crippen LogP) is 3.11. The number of benzene rings is 1. The molecule has 3 aromatic rings. The number of H-pyrrole nitrogens is 1. The van der Waals surface area contributed by atoms with Crippen LogP contribution in [-0.2, 0) is 38.5 Å². The van der Waals surface area contributed by atoms with Gasteiger partial charge in [0.15, 0.2) is 11.9 Å². The number of hydrogen-bond acceptors (Lipinski definition) is 13. The van der Waals surface area contributed by atoms with Crippen molar-refractivity contribution >= 4 is 36.5 Å². The van der Waals surface area contributed by atoms with Crippen LogP contribution in [0.5, 0.6) is 5.75 Å². The first-order valence-electron chi connectivity index (χ1n) is 14.2. The van der Waals surface area contributed by atoms with E-state index in [1.54, 1.807) is 45.9 Å². The number of para-hydroxylation sites is 1. The molecule has 45 heavy (non-hydrogen) atoms. The number of nitriles is 1. The number of nitrogen functional groups attached to an aromatic ring is 1. The summed E-state index contributed by atoms with van der Waals surface area (Å²) in [4.78, 5) is 36.4. The van der Waals surface area contributed by atoms with Gasteiger partial charge in [0.25, 0.3) is 0 Å². The summed E-state index contributed by atoms with van der Waals surface area (Å²) < 4.78 is 42.8. The van der Waals surface area contributed by atoms with Gasteiger partial charge in [-0.2, -0.15) is 10.3 Å². The molecule has 1 fully saturated rings. The zero-order valence-corrected chi connectivity index (χ0v) is 26.6. The molecule has 16 heteroatoms. The number of nitrogens with one attached hydrogen (secondary N) is 2. The van der Waals surface area contributed by atoms with E-state index in [1.165, 1.54) is 38.5 Å². The van der Waals surface area contributed by atoms with E-state index in [9.17, 15) is 24.5 Å². The largest absolute Gasteiger partial charge is 0.462 e. The summed E-state index contributed by atoms with van der Waals surface area (Å²) in [5, 5.41) is 25.1. The minimum Gasteiger partial charge on any atom is -0.462 e. The Kier molecular flexibility index (Phi) is 9.86. The first kappa shape index (κ1) is 33.8. The summed E-state index contributed by atoms with van der Waals surface area (Å²) in [6.45, 7) is 8.59. The van der Waals surface area contributed by atoms with Crippen LogP contribution in [-0.4, -0.2) is 68.6 Å². The van der Waals surface area contributed by atoms with Gasteiger partial charge in [0.1, 0.15) is 46.9 Å². The third-order valence-electron chi connectivity index (χ3n) is 7.11. The van der Waals surface area contributed by atoms with Gasteiger partial charge in [-0.3, -0.25) is 14.1 Å². The van der Waals surface area contributed by atoms with E-state index in [0.29, 0.717) is 5.52 Å². The van der Waals surface area contributed by atoms with Crippen LogP contribution >= 0.6 is 7.75 Å². The van der Waals surface area contributed by atoms with Gasteiger partial charge < -0.3 is 34.6 Å². The van der Waals surface area contributed by atoms with E-state index in [0.717, 1.165) is 0 Å². The molecule has 15 nitrogen and oxygen atoms in total. The zero-order chi connectivity index (χ0) is 33.2. The Morgan fingerprint density at radius 1 is 1.20 bits per heavy atom. The number of carbonyl (C=O) groups excluding carboxylic acids is 2. The highest BCUT2D eigenvalue weighted by Gasteiger charge is 2.67. The summed E-state index contributed by atoms with van der Waals surface area (Å²) in [6, 6.07) is 8.97. The van der Waals surface area contributed by atoms with E-state index in [2.05, 4.69) is 20.0 Å². The molecule has 4 rings (SSSR count). The Morgan fingerprint density at radius 2 is 1.89 bits per heavy atom. The molecule has 0 amide bonds. The lowest BCUT2D eigenvalue weighted by atomic mass is 9.78. The van der Waals surface area contributed by atoms with Crippen molar-refractivity contribution in [2.75, 3.05) is 12.3 Å². The molecule has 0 radical (unpaired) electrons. The van der Waals surface area contributed by atoms with Crippen LogP contribution in [0.4, 0.5) is 5.82 Å². The van der Waals surface area contributed by atoms with Crippen molar-refractivity contribution in [3.8, 4) is 11.8 Å². The Morgan fingerprint density at radius 3 is 2.51 bits per heavy atom. The van der Waals surface area contributed by atoms with E-state index in [4.69, 9.17) is 29.0 Å². The number of fused-ring (bicyclic) bond motifs is 1. The number of hydrogen-bond donors (Lipinski definition) is 4. The van der Waals surface area contributed by atoms with Crippen molar-refractivity contribution in [2.45, 2.75) is 77.1 Å². The van der Waals surface area contributed by atoms with E-state index in [1.807, 2.05) is 6.07 Å². The van der Waals surface area contributed by atoms with Crippen LogP contribution in [0.25, 0.3) is 11.0 Å². The molecule has 5 N–H and O–H groups in total. The van der Waals surface area contributed by atoms with Gasteiger partial charge in [-0.15, -0.1) is 0 Å². The minimum atomic E-state index is -4.40. The second-order valence-electron chi connectivity index (χ2n) is 11.3. The summed E-state index contributed by atoms with van der Waals surface area (Å²) in [5.41, 5.74) is 2.17. The Hall–Kier alpha value is -4.06. The standard InChI is InChI=1S/C29H37N6O9P/c1-16(2)26(36)42-24-21(43-29(14-30,28(24,6)38)20-12-32-23-22(20)33-15-34-25(23)31)13-40-45(39,44-19-10-8-7-9-11-19)35-18(5)27(37)41-17(3)4/h7-12,15-18,21,24,32,38H,13H2,1-6H3,(H,35,39)(H2,31,33,34)/t18-,21+,24?,28?,29-,45?/m0/s1. The molecule has 1 saturated heterocycles. The maximum absolute atomic E-state index is 14.1. The smallest absolute Gasteiger partial charge is 0.459 e.